The molecular weight excluding hydrogens is 494 g/mol. The summed E-state index contributed by atoms with van der Waals surface area (Å²) in [5, 5.41) is 5.14. The van der Waals surface area contributed by atoms with Crippen molar-refractivity contribution in [2.24, 2.45) is 0 Å². The molecule has 1 unspecified atom stereocenters. The fourth-order valence-electron chi connectivity index (χ4n) is 4.21. The number of aryl methyl sites for hydroxylation is 1. The molecule has 1 atom stereocenters. The number of halogens is 3. The molecule has 12 heteroatoms. The molecule has 3 aromatic rings. The van der Waals surface area contributed by atoms with Crippen LogP contribution >= 0.6 is 23.4 Å². The van der Waals surface area contributed by atoms with Crippen molar-refractivity contribution < 1.29 is 17.5 Å². The molecule has 2 N–H and O–H groups in total. The second-order valence-electron chi connectivity index (χ2n) is 7.57. The van der Waals surface area contributed by atoms with Crippen LogP contribution in [0.15, 0.2) is 45.1 Å². The number of nitrogens with zero attached hydrogens (tertiary/aromatic N) is 3. The van der Waals surface area contributed by atoms with Crippen LogP contribution in [0.2, 0.25) is 5.02 Å². The summed E-state index contributed by atoms with van der Waals surface area (Å²) < 4.78 is 50.2. The van der Waals surface area contributed by atoms with E-state index >= 15 is 0 Å². The minimum Gasteiger partial charge on any atom is -0.385 e. The van der Waals surface area contributed by atoms with Crippen LogP contribution in [0.5, 0.6) is 0 Å². The first-order valence-corrected chi connectivity index (χ1v) is 12.5. The summed E-state index contributed by atoms with van der Waals surface area (Å²) in [6.45, 7) is 1.69. The molecule has 0 radical (unpaired) electrons. The quantitative estimate of drug-likeness (QED) is 0.521. The summed E-state index contributed by atoms with van der Waals surface area (Å²) in [4.78, 5) is 19.7. The molecule has 1 saturated heterocycles. The SMILES string of the molecule is O=c1nc(N2CCN/C(=C/S(=O)O)C2)c2cc(Cl)c(-c3ccc(F)cc3F)c3c2n1CCS3. The first-order valence-electron chi connectivity index (χ1n) is 9.98. The number of anilines is 1. The topological polar surface area (TPSA) is 87.5 Å². The van der Waals surface area contributed by atoms with E-state index in [0.29, 0.717) is 58.3 Å². The third-order valence-electron chi connectivity index (χ3n) is 5.55. The smallest absolute Gasteiger partial charge is 0.350 e. The van der Waals surface area contributed by atoms with E-state index in [1.807, 2.05) is 4.90 Å². The minimum atomic E-state index is -2.12. The summed E-state index contributed by atoms with van der Waals surface area (Å²) in [7, 11) is 0. The summed E-state index contributed by atoms with van der Waals surface area (Å²) in [6.07, 6.45) is 0. The third kappa shape index (κ3) is 4.03. The van der Waals surface area contributed by atoms with Crippen LogP contribution in [-0.4, -0.2) is 43.7 Å². The van der Waals surface area contributed by atoms with Crippen LogP contribution in [0.3, 0.4) is 0 Å². The van der Waals surface area contributed by atoms with Crippen LogP contribution in [0, 0.1) is 11.6 Å². The Morgan fingerprint density at radius 3 is 2.85 bits per heavy atom. The normalized spacial score (nSPS) is 17.9. The Hall–Kier alpha value is -2.47. The predicted octanol–water partition coefficient (Wildman–Crippen LogP) is 3.57. The first-order chi connectivity index (χ1) is 15.8. The Morgan fingerprint density at radius 2 is 2.09 bits per heavy atom. The molecule has 5 rings (SSSR count). The van der Waals surface area contributed by atoms with Gasteiger partial charge in [0.25, 0.3) is 0 Å². The average molecular weight is 511 g/mol. The molecule has 0 spiro atoms. The maximum Gasteiger partial charge on any atom is 0.350 e. The van der Waals surface area contributed by atoms with Crippen molar-refractivity contribution >= 4 is 51.2 Å². The Kier molecular flexibility index (Phi) is 5.89. The third-order valence-corrected chi connectivity index (χ3v) is 7.41. The lowest BCUT2D eigenvalue weighted by Crippen LogP contribution is -2.43. The molecule has 0 aliphatic carbocycles. The van der Waals surface area contributed by atoms with Crippen molar-refractivity contribution in [1.29, 1.82) is 0 Å². The van der Waals surface area contributed by atoms with Gasteiger partial charge in [0.1, 0.15) is 17.5 Å². The van der Waals surface area contributed by atoms with E-state index in [4.69, 9.17) is 11.6 Å². The largest absolute Gasteiger partial charge is 0.385 e. The molecule has 1 aromatic heterocycles. The van der Waals surface area contributed by atoms with E-state index in [1.165, 1.54) is 29.3 Å². The van der Waals surface area contributed by atoms with Gasteiger partial charge in [-0.2, -0.15) is 4.98 Å². The van der Waals surface area contributed by atoms with Gasteiger partial charge in [0.05, 0.1) is 22.5 Å². The fourth-order valence-corrected chi connectivity index (χ4v) is 6.17. The molecule has 1 fully saturated rings. The molecule has 3 heterocycles. The number of thioether (sulfide) groups is 1. The first kappa shape index (κ1) is 22.3. The highest BCUT2D eigenvalue weighted by atomic mass is 35.5. The van der Waals surface area contributed by atoms with Gasteiger partial charge in [-0.25, -0.2) is 17.8 Å². The van der Waals surface area contributed by atoms with Gasteiger partial charge >= 0.3 is 5.69 Å². The second kappa shape index (κ2) is 8.71. The zero-order chi connectivity index (χ0) is 23.3. The van der Waals surface area contributed by atoms with Gasteiger partial charge in [0, 0.05) is 58.6 Å². The zero-order valence-electron chi connectivity index (χ0n) is 17.0. The summed E-state index contributed by atoms with van der Waals surface area (Å²) in [6, 6.07) is 4.97. The number of hydrogen-bond acceptors (Lipinski definition) is 6. The molecule has 0 saturated carbocycles. The lowest BCUT2D eigenvalue weighted by Gasteiger charge is -2.32. The molecule has 2 aliphatic rings. The van der Waals surface area contributed by atoms with Gasteiger partial charge in [0.2, 0.25) is 0 Å². The number of piperazine rings is 1. The van der Waals surface area contributed by atoms with Crippen molar-refractivity contribution in [2.75, 3.05) is 30.3 Å². The van der Waals surface area contributed by atoms with Crippen LogP contribution in [0.4, 0.5) is 14.6 Å². The minimum absolute atomic E-state index is 0.155. The standard InChI is InChI=1S/C21H17ClF2N4O3S2/c22-15-8-14-18-19(17(15)13-2-1-11(23)7-16(13)24)32-6-5-28(18)21(29)26-20(14)27-4-3-25-12(9-27)10-33(30)31/h1-2,7-8,10,25H,3-6,9H2,(H,30,31)/b12-10+. The van der Waals surface area contributed by atoms with Crippen molar-refractivity contribution in [3.05, 3.63) is 62.5 Å². The predicted molar refractivity (Wildman–Crippen MR) is 126 cm³/mol. The number of aromatic nitrogens is 2. The Bertz CT molecular complexity index is 1410. The molecule has 0 bridgehead atoms. The van der Waals surface area contributed by atoms with Crippen molar-refractivity contribution in [1.82, 2.24) is 14.9 Å². The lowest BCUT2D eigenvalue weighted by atomic mass is 10.0. The van der Waals surface area contributed by atoms with Gasteiger partial charge < -0.3 is 14.8 Å². The van der Waals surface area contributed by atoms with E-state index in [2.05, 4.69) is 10.3 Å². The van der Waals surface area contributed by atoms with Crippen molar-refractivity contribution in [3.63, 3.8) is 0 Å². The molecule has 0 amide bonds. The summed E-state index contributed by atoms with van der Waals surface area (Å²) >= 11 is 5.99. The highest BCUT2D eigenvalue weighted by Gasteiger charge is 2.28. The number of benzene rings is 2. The highest BCUT2D eigenvalue weighted by Crippen LogP contribution is 2.46. The van der Waals surface area contributed by atoms with Crippen LogP contribution in [-0.2, 0) is 17.6 Å². The Labute approximate surface area is 198 Å². The lowest BCUT2D eigenvalue weighted by molar-refractivity contribution is 0.572. The van der Waals surface area contributed by atoms with Crippen LogP contribution < -0.4 is 15.9 Å². The van der Waals surface area contributed by atoms with Gasteiger partial charge in [-0.05, 0) is 18.2 Å². The van der Waals surface area contributed by atoms with E-state index in [1.54, 1.807) is 10.6 Å². The van der Waals surface area contributed by atoms with Gasteiger partial charge in [-0.15, -0.1) is 11.8 Å². The maximum absolute atomic E-state index is 14.7. The highest BCUT2D eigenvalue weighted by molar-refractivity contribution is 7.99. The molecule has 172 valence electrons. The molecule has 2 aliphatic heterocycles. The monoisotopic (exact) mass is 510 g/mol. The molecule has 2 aromatic carbocycles. The summed E-state index contributed by atoms with van der Waals surface area (Å²) in [5.74, 6) is -0.457. The van der Waals surface area contributed by atoms with E-state index in [-0.39, 0.29) is 17.1 Å². The van der Waals surface area contributed by atoms with Crippen LogP contribution in [0.1, 0.15) is 0 Å². The van der Waals surface area contributed by atoms with Crippen molar-refractivity contribution in [3.8, 4) is 11.1 Å². The van der Waals surface area contributed by atoms with Crippen LogP contribution in [0.25, 0.3) is 22.0 Å². The Balaban J connectivity index is 1.75. The number of rotatable bonds is 3. The maximum atomic E-state index is 14.7. The molecule has 7 nitrogen and oxygen atoms in total. The second-order valence-corrected chi connectivity index (χ2v) is 9.87. The summed E-state index contributed by atoms with van der Waals surface area (Å²) in [5.41, 5.74) is 1.26. The average Bonchev–Trinajstić information content (AvgIpc) is 2.76. The number of hydrogen-bond donors (Lipinski definition) is 2. The van der Waals surface area contributed by atoms with Crippen molar-refractivity contribution in [2.45, 2.75) is 11.4 Å². The van der Waals surface area contributed by atoms with E-state index in [0.717, 1.165) is 6.07 Å². The Morgan fingerprint density at radius 1 is 1.27 bits per heavy atom. The van der Waals surface area contributed by atoms with E-state index in [9.17, 15) is 22.3 Å². The van der Waals surface area contributed by atoms with Gasteiger partial charge in [-0.1, -0.05) is 11.6 Å². The zero-order valence-corrected chi connectivity index (χ0v) is 19.4. The number of nitrogens with one attached hydrogen (secondary N) is 1. The van der Waals surface area contributed by atoms with Gasteiger partial charge in [-0.3, -0.25) is 4.57 Å². The molecular formula is C21H17ClF2N4O3S2. The van der Waals surface area contributed by atoms with Gasteiger partial charge in [0.15, 0.2) is 11.1 Å². The fraction of sp³-hybridized carbons (Fsp3) is 0.238. The molecule has 33 heavy (non-hydrogen) atoms. The van der Waals surface area contributed by atoms with E-state index < -0.39 is 28.4 Å².